The number of hydrogen-bond donors (Lipinski definition) is 0. The summed E-state index contributed by atoms with van der Waals surface area (Å²) in [4.78, 5) is 3.06. The predicted octanol–water partition coefficient (Wildman–Crippen LogP) is 7.04. The first-order valence-electron chi connectivity index (χ1n) is 15.3. The molecule has 0 N–H and O–H groups in total. The van der Waals surface area contributed by atoms with Crippen LogP contribution in [0.2, 0.25) is 0 Å². The van der Waals surface area contributed by atoms with Gasteiger partial charge in [-0.15, -0.1) is 0 Å². The summed E-state index contributed by atoms with van der Waals surface area (Å²) in [5, 5.41) is -0.141. The maximum Gasteiger partial charge on any atom is 0.181 e. The first-order chi connectivity index (χ1) is 19.0. The molecule has 2 saturated carbocycles. The van der Waals surface area contributed by atoms with E-state index in [9.17, 15) is 8.42 Å². The number of rotatable bonds is 7. The van der Waals surface area contributed by atoms with Gasteiger partial charge in [0.1, 0.15) is 0 Å². The average molecular weight is 540 g/mol. The lowest BCUT2D eigenvalue weighted by Gasteiger charge is -2.45. The van der Waals surface area contributed by atoms with E-state index in [0.717, 1.165) is 51.2 Å². The fourth-order valence-electron chi connectivity index (χ4n) is 8.03. The second kappa shape index (κ2) is 10.2. The van der Waals surface area contributed by atoms with E-state index in [1.807, 2.05) is 24.3 Å². The Morgan fingerprint density at radius 2 is 1.59 bits per heavy atom. The van der Waals surface area contributed by atoms with E-state index in [0.29, 0.717) is 4.90 Å². The van der Waals surface area contributed by atoms with Gasteiger partial charge in [0.25, 0.3) is 0 Å². The lowest BCUT2D eigenvalue weighted by molar-refractivity contribution is 0.256. The summed E-state index contributed by atoms with van der Waals surface area (Å²) in [5.41, 5.74) is 9.24. The topological polar surface area (TPSA) is 37.4 Å². The maximum absolute atomic E-state index is 12.5. The summed E-state index contributed by atoms with van der Waals surface area (Å²) in [7, 11) is -3.10. The molecule has 3 aromatic carbocycles. The highest BCUT2D eigenvalue weighted by Crippen LogP contribution is 2.53. The lowest BCUT2D eigenvalue weighted by atomic mass is 9.58. The molecule has 39 heavy (non-hydrogen) atoms. The van der Waals surface area contributed by atoms with Gasteiger partial charge in [-0.25, -0.2) is 8.42 Å². The number of nitrogens with zero attached hydrogens (tertiary/aromatic N) is 1. The van der Waals surface area contributed by atoms with Crippen molar-refractivity contribution in [1.82, 2.24) is 4.90 Å². The zero-order valence-corrected chi connectivity index (χ0v) is 23.9. The van der Waals surface area contributed by atoms with Crippen molar-refractivity contribution in [1.29, 1.82) is 0 Å². The molecule has 1 aliphatic heterocycles. The Balaban J connectivity index is 1.08. The van der Waals surface area contributed by atoms with Crippen molar-refractivity contribution >= 4 is 9.84 Å². The zero-order chi connectivity index (χ0) is 26.5. The van der Waals surface area contributed by atoms with Crippen molar-refractivity contribution in [2.24, 2.45) is 5.92 Å². The van der Waals surface area contributed by atoms with Gasteiger partial charge in [-0.1, -0.05) is 67.4 Å². The van der Waals surface area contributed by atoms with Crippen molar-refractivity contribution < 1.29 is 8.42 Å². The molecule has 3 aliphatic carbocycles. The van der Waals surface area contributed by atoms with Crippen LogP contribution in [0.3, 0.4) is 0 Å². The third-order valence-corrected chi connectivity index (χ3v) is 12.6. The van der Waals surface area contributed by atoms with Gasteiger partial charge >= 0.3 is 0 Å². The molecule has 7 rings (SSSR count). The van der Waals surface area contributed by atoms with E-state index < -0.39 is 9.84 Å². The zero-order valence-electron chi connectivity index (χ0n) is 23.1. The van der Waals surface area contributed by atoms with Gasteiger partial charge in [-0.2, -0.15) is 0 Å². The SMILES string of the molecule is O=S(=O)(c1ccc(CCN2CCc3cc(C4(C5CCCC5)CCCc5ccccc54)ccc3C2)cc1)C1CC1. The Labute approximate surface area is 234 Å². The number of hydrogen-bond acceptors (Lipinski definition) is 3. The van der Waals surface area contributed by atoms with E-state index in [4.69, 9.17) is 0 Å². The van der Waals surface area contributed by atoms with Crippen molar-refractivity contribution in [2.45, 2.75) is 92.7 Å². The third kappa shape index (κ3) is 4.68. The fourth-order valence-corrected chi connectivity index (χ4v) is 9.68. The Morgan fingerprint density at radius 3 is 2.38 bits per heavy atom. The number of benzene rings is 3. The second-order valence-corrected chi connectivity index (χ2v) is 14.8. The summed E-state index contributed by atoms with van der Waals surface area (Å²) < 4.78 is 25.0. The van der Waals surface area contributed by atoms with Gasteiger partial charge < -0.3 is 0 Å². The molecule has 0 amide bonds. The molecule has 0 radical (unpaired) electrons. The fraction of sp³-hybridized carbons (Fsp3) is 0.486. The van der Waals surface area contributed by atoms with Crippen LogP contribution in [0, 0.1) is 5.92 Å². The van der Waals surface area contributed by atoms with Gasteiger partial charge in [-0.05, 0) is 109 Å². The molecule has 1 atom stereocenters. The Hall–Kier alpha value is -2.43. The van der Waals surface area contributed by atoms with Crippen molar-refractivity contribution in [3.8, 4) is 0 Å². The summed E-state index contributed by atoms with van der Waals surface area (Å²) in [6.07, 6.45) is 13.0. The van der Waals surface area contributed by atoms with Crippen molar-refractivity contribution in [3.63, 3.8) is 0 Å². The molecule has 0 bridgehead atoms. The molecule has 4 heteroatoms. The summed E-state index contributed by atoms with van der Waals surface area (Å²) >= 11 is 0. The van der Waals surface area contributed by atoms with Gasteiger partial charge in [0.15, 0.2) is 9.84 Å². The van der Waals surface area contributed by atoms with E-state index in [1.165, 1.54) is 56.1 Å². The van der Waals surface area contributed by atoms with E-state index >= 15 is 0 Å². The molecule has 0 spiro atoms. The van der Waals surface area contributed by atoms with E-state index in [1.54, 1.807) is 22.3 Å². The lowest BCUT2D eigenvalue weighted by Crippen LogP contribution is -2.39. The van der Waals surface area contributed by atoms with Crippen LogP contribution in [-0.4, -0.2) is 31.7 Å². The smallest absolute Gasteiger partial charge is 0.181 e. The van der Waals surface area contributed by atoms with Gasteiger partial charge in [0.05, 0.1) is 10.1 Å². The molecular weight excluding hydrogens is 498 g/mol. The van der Waals surface area contributed by atoms with Crippen LogP contribution >= 0.6 is 0 Å². The quantitative estimate of drug-likeness (QED) is 0.323. The largest absolute Gasteiger partial charge is 0.298 e. The monoisotopic (exact) mass is 539 g/mol. The summed E-state index contributed by atoms with van der Waals surface area (Å²) in [6.45, 7) is 3.11. The highest BCUT2D eigenvalue weighted by atomic mass is 32.2. The molecule has 1 heterocycles. The molecule has 3 nitrogen and oxygen atoms in total. The molecule has 3 aromatic rings. The van der Waals surface area contributed by atoms with Crippen LogP contribution in [0.15, 0.2) is 71.6 Å². The first-order valence-corrected chi connectivity index (χ1v) is 16.8. The maximum atomic E-state index is 12.5. The van der Waals surface area contributed by atoms with Crippen LogP contribution in [-0.2, 0) is 41.1 Å². The predicted molar refractivity (Wildman–Crippen MR) is 158 cm³/mol. The Bertz CT molecular complexity index is 1450. The van der Waals surface area contributed by atoms with Crippen LogP contribution in [0.25, 0.3) is 0 Å². The summed E-state index contributed by atoms with van der Waals surface area (Å²) in [5.74, 6) is 0.766. The molecule has 0 aromatic heterocycles. The van der Waals surface area contributed by atoms with Gasteiger partial charge in [-0.3, -0.25) is 4.90 Å². The van der Waals surface area contributed by atoms with Crippen LogP contribution in [0.1, 0.15) is 84.7 Å². The Kier molecular flexibility index (Phi) is 6.67. The minimum Gasteiger partial charge on any atom is -0.298 e. The third-order valence-electron chi connectivity index (χ3n) is 10.3. The van der Waals surface area contributed by atoms with Crippen LogP contribution in [0.5, 0.6) is 0 Å². The number of sulfone groups is 1. The van der Waals surface area contributed by atoms with Gasteiger partial charge in [0, 0.05) is 25.0 Å². The first kappa shape index (κ1) is 25.5. The molecule has 1 unspecified atom stereocenters. The normalized spacial score (nSPS) is 23.9. The number of fused-ring (bicyclic) bond motifs is 2. The van der Waals surface area contributed by atoms with Crippen LogP contribution < -0.4 is 0 Å². The van der Waals surface area contributed by atoms with Crippen LogP contribution in [0.4, 0.5) is 0 Å². The molecule has 204 valence electrons. The summed E-state index contributed by atoms with van der Waals surface area (Å²) in [6, 6.07) is 24.5. The number of aryl methyl sites for hydroxylation is 1. The van der Waals surface area contributed by atoms with Crippen molar-refractivity contribution in [2.75, 3.05) is 13.1 Å². The molecular formula is C35H41NO2S. The van der Waals surface area contributed by atoms with Gasteiger partial charge in [0.2, 0.25) is 0 Å². The Morgan fingerprint density at radius 1 is 0.795 bits per heavy atom. The standard InChI is InChI=1S/C35H41NO2S/c37-39(38,33-17-18-33)32-15-11-26(12-16-32)19-22-36-23-20-28-24-31(14-13-29(28)25-36)35(30-8-2-3-9-30)21-5-7-27-6-1-4-10-34(27)35/h1,4,6,10-16,24,30,33H,2-3,5,7-9,17-23,25H2. The molecule has 0 saturated heterocycles. The minimum absolute atomic E-state index is 0.141. The van der Waals surface area contributed by atoms with E-state index in [2.05, 4.69) is 47.4 Å². The average Bonchev–Trinajstić information content (AvgIpc) is 3.71. The minimum atomic E-state index is -3.10. The second-order valence-electron chi connectivity index (χ2n) is 12.6. The van der Waals surface area contributed by atoms with E-state index in [-0.39, 0.29) is 10.7 Å². The molecule has 2 fully saturated rings. The highest BCUT2D eigenvalue weighted by Gasteiger charge is 2.45. The highest BCUT2D eigenvalue weighted by molar-refractivity contribution is 7.92. The van der Waals surface area contributed by atoms with Crippen molar-refractivity contribution in [3.05, 3.63) is 100 Å². The molecule has 4 aliphatic rings.